The fourth-order valence-electron chi connectivity index (χ4n) is 2.01. The van der Waals surface area contributed by atoms with Gasteiger partial charge in [-0.2, -0.15) is 0 Å². The van der Waals surface area contributed by atoms with Gasteiger partial charge in [-0.05, 0) is 26.2 Å². The minimum absolute atomic E-state index is 0. The van der Waals surface area contributed by atoms with E-state index in [1.165, 1.54) is 0 Å². The van der Waals surface area contributed by atoms with Crippen molar-refractivity contribution in [1.82, 2.24) is 10.6 Å². The number of carbonyl (C=O) groups excluding carboxylic acids is 2. The molecule has 1 saturated heterocycles. The third-order valence-corrected chi connectivity index (χ3v) is 2.90. The van der Waals surface area contributed by atoms with Gasteiger partial charge in [0.05, 0.1) is 19.3 Å². The summed E-state index contributed by atoms with van der Waals surface area (Å²) in [6, 6.07) is -1.00. The number of morpholine rings is 1. The number of esters is 1. The zero-order valence-electron chi connectivity index (χ0n) is 13.2. The fraction of sp³-hybridized carbons (Fsp3) is 0.857. The topological polar surface area (TPSA) is 76.7 Å². The average Bonchev–Trinajstić information content (AvgIpc) is 2.37. The number of hydrogen-bond acceptors (Lipinski definition) is 5. The maximum absolute atomic E-state index is 12.1. The summed E-state index contributed by atoms with van der Waals surface area (Å²) in [7, 11) is 0. The molecule has 0 aliphatic carbocycles. The molecule has 2 N–H and O–H groups in total. The van der Waals surface area contributed by atoms with Crippen molar-refractivity contribution in [2.24, 2.45) is 5.92 Å². The van der Waals surface area contributed by atoms with E-state index in [-0.39, 0.29) is 36.3 Å². The van der Waals surface area contributed by atoms with Crippen LogP contribution in [0, 0.1) is 5.92 Å². The molecule has 0 aromatic rings. The molecule has 1 rings (SSSR count). The fourth-order valence-corrected chi connectivity index (χ4v) is 2.01. The van der Waals surface area contributed by atoms with Crippen molar-refractivity contribution in [2.45, 2.75) is 52.3 Å². The van der Waals surface area contributed by atoms with Gasteiger partial charge in [0.25, 0.3) is 0 Å². The van der Waals surface area contributed by atoms with Crippen LogP contribution < -0.4 is 10.6 Å². The molecule has 7 heteroatoms. The van der Waals surface area contributed by atoms with Crippen LogP contribution >= 0.6 is 12.4 Å². The molecule has 0 aromatic carbocycles. The number of carbonyl (C=O) groups is 2. The Hall–Kier alpha value is -0.850. The maximum Gasteiger partial charge on any atom is 0.328 e. The first kappa shape index (κ1) is 20.1. The Morgan fingerprint density at radius 3 is 2.48 bits per heavy atom. The van der Waals surface area contributed by atoms with E-state index in [2.05, 4.69) is 10.6 Å². The van der Waals surface area contributed by atoms with Crippen LogP contribution in [0.3, 0.4) is 0 Å². The number of ether oxygens (including phenoxy) is 2. The van der Waals surface area contributed by atoms with E-state index in [1.807, 2.05) is 13.8 Å². The van der Waals surface area contributed by atoms with Gasteiger partial charge in [-0.15, -0.1) is 12.4 Å². The molecular formula is C14H27ClN2O4. The molecule has 1 aliphatic heterocycles. The van der Waals surface area contributed by atoms with Gasteiger partial charge in [-0.3, -0.25) is 4.79 Å². The molecule has 6 nitrogen and oxygen atoms in total. The van der Waals surface area contributed by atoms with Crippen LogP contribution in [-0.4, -0.2) is 49.8 Å². The SMILES string of the molecule is CC(C)C[C@H](NC(=O)C1COCCN1)C(=O)OC(C)C.Cl. The normalized spacial score (nSPS) is 19.8. The summed E-state index contributed by atoms with van der Waals surface area (Å²) in [4.78, 5) is 24.1. The quantitative estimate of drug-likeness (QED) is 0.710. The highest BCUT2D eigenvalue weighted by molar-refractivity contribution is 5.87. The van der Waals surface area contributed by atoms with Crippen molar-refractivity contribution in [1.29, 1.82) is 0 Å². The largest absolute Gasteiger partial charge is 0.461 e. The highest BCUT2D eigenvalue weighted by Gasteiger charge is 2.28. The van der Waals surface area contributed by atoms with Crippen LogP contribution in [0.15, 0.2) is 0 Å². The highest BCUT2D eigenvalue weighted by atomic mass is 35.5. The van der Waals surface area contributed by atoms with E-state index >= 15 is 0 Å². The molecule has 1 fully saturated rings. The van der Waals surface area contributed by atoms with Crippen molar-refractivity contribution in [3.05, 3.63) is 0 Å². The van der Waals surface area contributed by atoms with Gasteiger partial charge in [0.1, 0.15) is 12.1 Å². The summed E-state index contributed by atoms with van der Waals surface area (Å²) < 4.78 is 10.4. The van der Waals surface area contributed by atoms with E-state index < -0.39 is 12.1 Å². The zero-order valence-corrected chi connectivity index (χ0v) is 14.0. The van der Waals surface area contributed by atoms with E-state index in [0.29, 0.717) is 26.2 Å². The summed E-state index contributed by atoms with van der Waals surface area (Å²) in [6.07, 6.45) is 0.371. The van der Waals surface area contributed by atoms with Gasteiger partial charge in [-0.25, -0.2) is 4.79 Å². The van der Waals surface area contributed by atoms with Gasteiger partial charge >= 0.3 is 5.97 Å². The molecule has 0 bridgehead atoms. The van der Waals surface area contributed by atoms with Crippen LogP contribution in [0.5, 0.6) is 0 Å². The van der Waals surface area contributed by atoms with Gasteiger partial charge in [-0.1, -0.05) is 13.8 Å². The Bertz CT molecular complexity index is 331. The van der Waals surface area contributed by atoms with Crippen molar-refractivity contribution < 1.29 is 19.1 Å². The van der Waals surface area contributed by atoms with Crippen LogP contribution in [0.25, 0.3) is 0 Å². The van der Waals surface area contributed by atoms with Crippen LogP contribution in [0.1, 0.15) is 34.1 Å². The van der Waals surface area contributed by atoms with Gasteiger partial charge in [0.2, 0.25) is 5.91 Å². The molecule has 21 heavy (non-hydrogen) atoms. The molecule has 1 heterocycles. The number of amides is 1. The van der Waals surface area contributed by atoms with Crippen molar-refractivity contribution in [2.75, 3.05) is 19.8 Å². The Kier molecular flexibility index (Phi) is 9.57. The highest BCUT2D eigenvalue weighted by Crippen LogP contribution is 2.08. The lowest BCUT2D eigenvalue weighted by atomic mass is 10.0. The predicted molar refractivity (Wildman–Crippen MR) is 82.5 cm³/mol. The van der Waals surface area contributed by atoms with Gasteiger partial charge in [0, 0.05) is 6.54 Å². The maximum atomic E-state index is 12.1. The molecule has 1 aliphatic rings. The molecule has 0 radical (unpaired) electrons. The minimum atomic E-state index is -0.603. The number of hydrogen-bond donors (Lipinski definition) is 2. The Labute approximate surface area is 132 Å². The van der Waals surface area contributed by atoms with Gasteiger partial charge < -0.3 is 20.1 Å². The summed E-state index contributed by atoms with van der Waals surface area (Å²) in [5.74, 6) is -0.301. The minimum Gasteiger partial charge on any atom is -0.461 e. The Morgan fingerprint density at radius 2 is 2.00 bits per heavy atom. The Balaban J connectivity index is 0.00000400. The first-order valence-electron chi connectivity index (χ1n) is 7.22. The molecule has 2 atom stereocenters. The van der Waals surface area contributed by atoms with Gasteiger partial charge in [0.15, 0.2) is 0 Å². The van der Waals surface area contributed by atoms with Crippen LogP contribution in [0.2, 0.25) is 0 Å². The second kappa shape index (κ2) is 9.97. The standard InChI is InChI=1S/C14H26N2O4.ClH/c1-9(2)7-11(14(18)20-10(3)4)16-13(17)12-8-19-6-5-15-12;/h9-12,15H,5-8H2,1-4H3,(H,16,17);1H/t11-,12?;/m0./s1. The van der Waals surface area contributed by atoms with Crippen LogP contribution in [-0.2, 0) is 19.1 Å². The lowest BCUT2D eigenvalue weighted by molar-refractivity contribution is -0.152. The van der Waals surface area contributed by atoms with E-state index in [4.69, 9.17) is 9.47 Å². The van der Waals surface area contributed by atoms with Crippen LogP contribution in [0.4, 0.5) is 0 Å². The van der Waals surface area contributed by atoms with Crippen molar-refractivity contribution in [3.8, 4) is 0 Å². The van der Waals surface area contributed by atoms with E-state index in [0.717, 1.165) is 0 Å². The average molecular weight is 323 g/mol. The molecular weight excluding hydrogens is 296 g/mol. The van der Waals surface area contributed by atoms with E-state index in [9.17, 15) is 9.59 Å². The summed E-state index contributed by atoms with van der Waals surface area (Å²) in [6.45, 7) is 9.18. The summed E-state index contributed by atoms with van der Waals surface area (Å²) >= 11 is 0. The lowest BCUT2D eigenvalue weighted by Crippen LogP contribution is -2.55. The predicted octanol–water partition coefficient (Wildman–Crippen LogP) is 0.879. The molecule has 0 saturated carbocycles. The molecule has 0 spiro atoms. The van der Waals surface area contributed by atoms with Crippen molar-refractivity contribution >= 4 is 24.3 Å². The zero-order chi connectivity index (χ0) is 15.1. The monoisotopic (exact) mass is 322 g/mol. The lowest BCUT2D eigenvalue weighted by Gasteiger charge is -2.26. The number of halogens is 1. The molecule has 1 unspecified atom stereocenters. The molecule has 124 valence electrons. The second-order valence-electron chi connectivity index (χ2n) is 5.76. The number of rotatable bonds is 6. The first-order chi connectivity index (χ1) is 9.40. The Morgan fingerprint density at radius 1 is 1.33 bits per heavy atom. The summed E-state index contributed by atoms with van der Waals surface area (Å²) in [5, 5.41) is 5.84. The summed E-state index contributed by atoms with van der Waals surface area (Å²) in [5.41, 5.74) is 0. The molecule has 1 amide bonds. The van der Waals surface area contributed by atoms with Crippen molar-refractivity contribution in [3.63, 3.8) is 0 Å². The smallest absolute Gasteiger partial charge is 0.328 e. The second-order valence-corrected chi connectivity index (χ2v) is 5.76. The molecule has 0 aromatic heterocycles. The third kappa shape index (κ3) is 7.64. The first-order valence-corrected chi connectivity index (χ1v) is 7.22. The van der Waals surface area contributed by atoms with E-state index in [1.54, 1.807) is 13.8 Å². The number of nitrogens with one attached hydrogen (secondary N) is 2. The third-order valence-electron chi connectivity index (χ3n) is 2.90.